The Morgan fingerprint density at radius 2 is 1.84 bits per heavy atom. The second kappa shape index (κ2) is 16.8. The third kappa shape index (κ3) is 9.29. The van der Waals surface area contributed by atoms with Crippen LogP contribution in [0.3, 0.4) is 0 Å². The average molecular weight is 659 g/mol. The minimum Gasteiger partial charge on any atom is -0.875 e. The molecule has 5 rings (SSSR count). The van der Waals surface area contributed by atoms with E-state index in [1.807, 2.05) is 36.4 Å². The zero-order valence-electron chi connectivity index (χ0n) is 28.0. The molecule has 254 valence electrons. The van der Waals surface area contributed by atoms with Crippen molar-refractivity contribution < 1.29 is 24.9 Å². The van der Waals surface area contributed by atoms with Gasteiger partial charge in [0.1, 0.15) is 5.75 Å². The highest BCUT2D eigenvalue weighted by atomic mass is 16.5. The van der Waals surface area contributed by atoms with E-state index >= 15 is 0 Å². The van der Waals surface area contributed by atoms with Crippen molar-refractivity contribution in [3.05, 3.63) is 124 Å². The van der Waals surface area contributed by atoms with Gasteiger partial charge in [0, 0.05) is 36.1 Å². The number of unbranched alkanes of at least 4 members (excludes halogenated alkanes) is 3. The SMILES string of the molecule is CCCCCC=CC(=O)CCc1ccc(O)c(OCCc2ccc(O)c(C3CC([O-])=C4C=CN=C4CC#Cc4cc(C(N)N)ccc43)c2)c1. The molecule has 0 spiro atoms. The van der Waals surface area contributed by atoms with Crippen LogP contribution in [0, 0.1) is 11.8 Å². The van der Waals surface area contributed by atoms with Gasteiger partial charge in [0.15, 0.2) is 17.3 Å². The summed E-state index contributed by atoms with van der Waals surface area (Å²) < 4.78 is 6.00. The molecule has 0 saturated carbocycles. The van der Waals surface area contributed by atoms with Crippen LogP contribution in [0.5, 0.6) is 17.2 Å². The summed E-state index contributed by atoms with van der Waals surface area (Å²) in [5.41, 5.74) is 17.7. The summed E-state index contributed by atoms with van der Waals surface area (Å²) in [5.74, 6) is 6.32. The fraction of sp³-hybridized carbons (Fsp3) is 0.317. The molecule has 1 heterocycles. The molecule has 3 aromatic carbocycles. The van der Waals surface area contributed by atoms with E-state index in [-0.39, 0.29) is 36.1 Å². The Morgan fingerprint density at radius 1 is 1.04 bits per heavy atom. The number of benzene rings is 3. The Balaban J connectivity index is 1.32. The van der Waals surface area contributed by atoms with Gasteiger partial charge in [-0.1, -0.05) is 68.0 Å². The van der Waals surface area contributed by atoms with Crippen molar-refractivity contribution in [2.45, 2.75) is 76.8 Å². The number of aromatic hydroxyl groups is 2. The van der Waals surface area contributed by atoms with Crippen LogP contribution in [0.2, 0.25) is 0 Å². The van der Waals surface area contributed by atoms with E-state index in [1.165, 1.54) is 0 Å². The van der Waals surface area contributed by atoms with Crippen LogP contribution in [0.1, 0.15) is 97.3 Å². The van der Waals surface area contributed by atoms with Gasteiger partial charge in [0.25, 0.3) is 0 Å². The molecule has 0 saturated heterocycles. The molecule has 49 heavy (non-hydrogen) atoms. The number of fused-ring (bicyclic) bond motifs is 2. The fourth-order valence-corrected chi connectivity index (χ4v) is 6.09. The first-order valence-electron chi connectivity index (χ1n) is 17.0. The van der Waals surface area contributed by atoms with Gasteiger partial charge in [-0.2, -0.15) is 0 Å². The first kappa shape index (κ1) is 35.2. The summed E-state index contributed by atoms with van der Waals surface area (Å²) >= 11 is 0. The lowest BCUT2D eigenvalue weighted by molar-refractivity contribution is -0.307. The van der Waals surface area contributed by atoms with Crippen LogP contribution in [0.15, 0.2) is 95.3 Å². The summed E-state index contributed by atoms with van der Waals surface area (Å²) in [7, 11) is 0. The van der Waals surface area contributed by atoms with Gasteiger partial charge in [-0.05, 0) is 89.9 Å². The molecule has 8 nitrogen and oxygen atoms in total. The molecule has 8 heteroatoms. The van der Waals surface area contributed by atoms with E-state index in [9.17, 15) is 20.1 Å². The highest BCUT2D eigenvalue weighted by Gasteiger charge is 2.23. The minimum absolute atomic E-state index is 0.0213. The van der Waals surface area contributed by atoms with Crippen molar-refractivity contribution in [3.63, 3.8) is 0 Å². The van der Waals surface area contributed by atoms with Gasteiger partial charge in [-0.3, -0.25) is 9.79 Å². The smallest absolute Gasteiger partial charge is 0.161 e. The molecule has 0 amide bonds. The molecule has 0 aromatic heterocycles. The molecule has 0 bridgehead atoms. The second-order valence-corrected chi connectivity index (χ2v) is 12.5. The highest BCUT2D eigenvalue weighted by molar-refractivity contribution is 6.06. The normalized spacial score (nSPS) is 15.5. The standard InChI is InChI=1S/C41H45N3O5/c1-2-3-4-5-6-9-31(45)15-11-27-13-18-38(47)40(24-27)49-22-20-28-12-17-37(46)35(23-28)34-26-39(48)33-19-21-44-36(33)10-7-8-29-25-30(41(42)43)14-16-32(29)34/h6,9,12-14,16-19,21,23-25,34,41,46-48H,2-5,10-11,15,20,22,26,42-43H2,1H3/p-1. The molecule has 0 radical (unpaired) electrons. The summed E-state index contributed by atoms with van der Waals surface area (Å²) in [6.45, 7) is 2.41. The lowest BCUT2D eigenvalue weighted by atomic mass is 9.82. The molecule has 0 fully saturated rings. The Bertz CT molecular complexity index is 1860. The first-order valence-corrected chi connectivity index (χ1v) is 17.0. The van der Waals surface area contributed by atoms with E-state index in [1.54, 1.807) is 42.6 Å². The van der Waals surface area contributed by atoms with Gasteiger partial charge in [0.2, 0.25) is 0 Å². The summed E-state index contributed by atoms with van der Waals surface area (Å²) in [5, 5.41) is 35.2. The van der Waals surface area contributed by atoms with Gasteiger partial charge >= 0.3 is 0 Å². The van der Waals surface area contributed by atoms with E-state index in [0.717, 1.165) is 42.4 Å². The number of allylic oxidation sites excluding steroid dienone is 5. The zero-order chi connectivity index (χ0) is 34.8. The van der Waals surface area contributed by atoms with Crippen molar-refractivity contribution in [1.82, 2.24) is 0 Å². The predicted molar refractivity (Wildman–Crippen MR) is 191 cm³/mol. The van der Waals surface area contributed by atoms with Gasteiger partial charge < -0.3 is 31.5 Å². The molecule has 2 aliphatic rings. The Labute approximate surface area is 288 Å². The lowest BCUT2D eigenvalue weighted by Crippen LogP contribution is -2.21. The number of aliphatic imine (C=N–C) groups is 1. The third-order valence-electron chi connectivity index (χ3n) is 8.87. The Morgan fingerprint density at radius 3 is 2.63 bits per heavy atom. The largest absolute Gasteiger partial charge is 0.875 e. The van der Waals surface area contributed by atoms with Crippen LogP contribution >= 0.6 is 0 Å². The van der Waals surface area contributed by atoms with E-state index in [2.05, 4.69) is 23.8 Å². The number of carbonyl (C=O) groups excluding carboxylic acids is 1. The minimum atomic E-state index is -0.687. The van der Waals surface area contributed by atoms with E-state index in [0.29, 0.717) is 59.4 Å². The van der Waals surface area contributed by atoms with Crippen molar-refractivity contribution >= 4 is 11.5 Å². The number of carbonyl (C=O) groups is 1. The molecule has 1 aliphatic heterocycles. The Hall–Kier alpha value is -5.10. The predicted octanol–water partition coefficient (Wildman–Crippen LogP) is 6.13. The zero-order valence-corrected chi connectivity index (χ0v) is 28.0. The van der Waals surface area contributed by atoms with Gasteiger partial charge in [-0.25, -0.2) is 0 Å². The first-order chi connectivity index (χ1) is 23.7. The number of aryl methyl sites for hydroxylation is 1. The van der Waals surface area contributed by atoms with Crippen molar-refractivity contribution in [3.8, 4) is 29.1 Å². The number of nitrogens with two attached hydrogens (primary N) is 2. The molecule has 3 aromatic rings. The quantitative estimate of drug-likeness (QED) is 0.0703. The molecule has 1 unspecified atom stereocenters. The number of rotatable bonds is 14. The molecular weight excluding hydrogens is 614 g/mol. The number of phenolic OH excluding ortho intramolecular Hbond substituents is 2. The maximum atomic E-state index is 13.6. The van der Waals surface area contributed by atoms with E-state index in [4.69, 9.17) is 16.2 Å². The van der Waals surface area contributed by atoms with Gasteiger partial charge in [-0.15, -0.1) is 5.76 Å². The van der Waals surface area contributed by atoms with Crippen molar-refractivity contribution in [1.29, 1.82) is 0 Å². The van der Waals surface area contributed by atoms with Crippen LogP contribution < -0.4 is 21.3 Å². The third-order valence-corrected chi connectivity index (χ3v) is 8.87. The number of hydrogen-bond acceptors (Lipinski definition) is 8. The van der Waals surface area contributed by atoms with Gasteiger partial charge in [0.05, 0.1) is 24.9 Å². The monoisotopic (exact) mass is 658 g/mol. The number of nitrogens with zero attached hydrogens (tertiary/aromatic N) is 1. The second-order valence-electron chi connectivity index (χ2n) is 12.5. The van der Waals surface area contributed by atoms with Crippen molar-refractivity contribution in [2.24, 2.45) is 16.5 Å². The molecule has 1 aliphatic carbocycles. The summed E-state index contributed by atoms with van der Waals surface area (Å²) in [4.78, 5) is 16.7. The summed E-state index contributed by atoms with van der Waals surface area (Å²) in [6.07, 6.45) is 12.4. The maximum absolute atomic E-state index is 13.6. The van der Waals surface area contributed by atoms with Crippen LogP contribution in [0.25, 0.3) is 0 Å². The molecule has 1 atom stereocenters. The van der Waals surface area contributed by atoms with Crippen LogP contribution in [-0.4, -0.2) is 28.3 Å². The number of ketones is 1. The molecule has 6 N–H and O–H groups in total. The Kier molecular flexibility index (Phi) is 12.1. The average Bonchev–Trinajstić information content (AvgIpc) is 3.57. The lowest BCUT2D eigenvalue weighted by Gasteiger charge is -2.27. The molecular formula is C41H44N3O5-. The number of ether oxygens (including phenoxy) is 1. The van der Waals surface area contributed by atoms with Crippen LogP contribution in [0.4, 0.5) is 0 Å². The highest BCUT2D eigenvalue weighted by Crippen LogP contribution is 2.39. The maximum Gasteiger partial charge on any atom is 0.161 e. The topological polar surface area (TPSA) is 154 Å². The number of phenols is 2. The number of hydrogen-bond donors (Lipinski definition) is 4. The summed E-state index contributed by atoms with van der Waals surface area (Å²) in [6, 6.07) is 16.1. The fourth-order valence-electron chi connectivity index (χ4n) is 6.09. The van der Waals surface area contributed by atoms with Crippen molar-refractivity contribution in [2.75, 3.05) is 6.61 Å². The van der Waals surface area contributed by atoms with Crippen LogP contribution in [-0.2, 0) is 17.6 Å². The van der Waals surface area contributed by atoms with E-state index < -0.39 is 12.1 Å².